The second-order valence-electron chi connectivity index (χ2n) is 5.74. The van der Waals surface area contributed by atoms with Gasteiger partial charge in [-0.1, -0.05) is 30.3 Å². The summed E-state index contributed by atoms with van der Waals surface area (Å²) in [5.74, 6) is -0.180. The molecular weight excluding hydrogens is 359 g/mol. The highest BCUT2D eigenvalue weighted by atomic mass is 19.4. The maximum Gasteiger partial charge on any atom is 0.422 e. The molecule has 27 heavy (non-hydrogen) atoms. The molecule has 3 aromatic rings. The van der Waals surface area contributed by atoms with Crippen LogP contribution >= 0.6 is 0 Å². The fourth-order valence-corrected chi connectivity index (χ4v) is 2.32. The van der Waals surface area contributed by atoms with E-state index in [2.05, 4.69) is 15.2 Å². The van der Waals surface area contributed by atoms with Crippen molar-refractivity contribution < 1.29 is 22.7 Å². The van der Waals surface area contributed by atoms with Gasteiger partial charge in [-0.15, -0.1) is 0 Å². The lowest BCUT2D eigenvalue weighted by Crippen LogP contribution is -2.22. The Kier molecular flexibility index (Phi) is 5.44. The summed E-state index contributed by atoms with van der Waals surface area (Å²) in [4.78, 5) is 12.2. The van der Waals surface area contributed by atoms with E-state index in [1.54, 1.807) is 23.0 Å². The first-order chi connectivity index (χ1) is 12.9. The maximum absolute atomic E-state index is 12.2. The molecule has 0 atom stereocenters. The van der Waals surface area contributed by atoms with E-state index >= 15 is 0 Å². The van der Waals surface area contributed by atoms with Gasteiger partial charge in [0.15, 0.2) is 6.61 Å². The van der Waals surface area contributed by atoms with Crippen molar-refractivity contribution in [2.75, 3.05) is 6.61 Å². The summed E-state index contributed by atoms with van der Waals surface area (Å²) in [6.07, 6.45) is -1.29. The Morgan fingerprint density at radius 3 is 2.44 bits per heavy atom. The number of carbonyl (C=O) groups excluding carboxylic acids is 1. The summed E-state index contributed by atoms with van der Waals surface area (Å²) in [6, 6.07) is 15.4. The van der Waals surface area contributed by atoms with Gasteiger partial charge in [0.25, 0.3) is 5.91 Å². The number of hydrogen-bond donors (Lipinski definition) is 1. The lowest BCUT2D eigenvalue weighted by Gasteiger charge is -2.10. The molecule has 0 saturated carbocycles. The predicted octanol–water partition coefficient (Wildman–Crippen LogP) is 3.74. The first kappa shape index (κ1) is 18.5. The summed E-state index contributed by atoms with van der Waals surface area (Å²) in [5.41, 5.74) is 1.98. The molecule has 0 unspecified atom stereocenters. The first-order valence-corrected chi connectivity index (χ1v) is 8.07. The number of ether oxygens (including phenoxy) is 1. The summed E-state index contributed by atoms with van der Waals surface area (Å²) in [7, 11) is 0. The van der Waals surface area contributed by atoms with Gasteiger partial charge in [-0.25, -0.2) is 4.68 Å². The van der Waals surface area contributed by atoms with Crippen LogP contribution in [0.3, 0.4) is 0 Å². The molecule has 1 N–H and O–H groups in total. The zero-order valence-corrected chi connectivity index (χ0v) is 14.1. The average Bonchev–Trinajstić information content (AvgIpc) is 3.16. The van der Waals surface area contributed by atoms with Crippen molar-refractivity contribution in [2.45, 2.75) is 12.7 Å². The number of rotatable bonds is 6. The van der Waals surface area contributed by atoms with E-state index in [1.807, 2.05) is 30.3 Å². The van der Waals surface area contributed by atoms with Crippen LogP contribution in [0.4, 0.5) is 13.2 Å². The van der Waals surface area contributed by atoms with Gasteiger partial charge >= 0.3 is 6.18 Å². The molecule has 0 aliphatic heterocycles. The number of aromatic nitrogens is 2. The zero-order valence-electron chi connectivity index (χ0n) is 14.1. The molecule has 3 rings (SSSR count). The third-order valence-corrected chi connectivity index (χ3v) is 3.64. The second-order valence-corrected chi connectivity index (χ2v) is 5.74. The number of nitrogens with one attached hydrogen (secondary N) is 1. The first-order valence-electron chi connectivity index (χ1n) is 8.07. The van der Waals surface area contributed by atoms with Gasteiger partial charge in [-0.3, -0.25) is 4.79 Å². The minimum absolute atomic E-state index is 0.117. The van der Waals surface area contributed by atoms with Crippen molar-refractivity contribution in [3.05, 3.63) is 78.1 Å². The van der Waals surface area contributed by atoms with E-state index in [1.165, 1.54) is 18.3 Å². The number of alkyl halides is 3. The van der Waals surface area contributed by atoms with E-state index in [9.17, 15) is 18.0 Å². The third kappa shape index (κ3) is 5.34. The highest BCUT2D eigenvalue weighted by Gasteiger charge is 2.28. The van der Waals surface area contributed by atoms with Crippen molar-refractivity contribution in [3.8, 4) is 11.4 Å². The summed E-state index contributed by atoms with van der Waals surface area (Å²) >= 11 is 0. The minimum Gasteiger partial charge on any atom is -0.484 e. The molecule has 0 aliphatic rings. The zero-order chi connectivity index (χ0) is 19.3. The topological polar surface area (TPSA) is 56.1 Å². The van der Waals surface area contributed by atoms with Gasteiger partial charge in [-0.05, 0) is 29.8 Å². The van der Waals surface area contributed by atoms with Crippen LogP contribution in [0.5, 0.6) is 5.75 Å². The van der Waals surface area contributed by atoms with Crippen molar-refractivity contribution in [1.29, 1.82) is 0 Å². The Bertz CT molecular complexity index is 891. The van der Waals surface area contributed by atoms with E-state index in [0.717, 1.165) is 11.3 Å². The summed E-state index contributed by atoms with van der Waals surface area (Å²) < 4.78 is 42.6. The molecular formula is C19H16F3N3O2. The lowest BCUT2D eigenvalue weighted by molar-refractivity contribution is -0.153. The van der Waals surface area contributed by atoms with Crippen molar-refractivity contribution in [2.24, 2.45) is 0 Å². The summed E-state index contributed by atoms with van der Waals surface area (Å²) in [5, 5.41) is 6.90. The van der Waals surface area contributed by atoms with Gasteiger partial charge in [0.1, 0.15) is 5.75 Å². The molecule has 0 fully saturated rings. The number of carbonyl (C=O) groups is 1. The smallest absolute Gasteiger partial charge is 0.422 e. The molecule has 1 heterocycles. The molecule has 0 aliphatic carbocycles. The molecule has 0 saturated heterocycles. The summed E-state index contributed by atoms with van der Waals surface area (Å²) in [6.45, 7) is -1.11. The monoisotopic (exact) mass is 375 g/mol. The van der Waals surface area contributed by atoms with Crippen molar-refractivity contribution in [1.82, 2.24) is 15.1 Å². The number of benzene rings is 2. The molecule has 8 heteroatoms. The fourth-order valence-electron chi connectivity index (χ4n) is 2.32. The standard InChI is InChI=1S/C19H16F3N3O2/c20-19(21,22)13-27-17-8-6-14(7-9-17)10-23-18(26)15-11-24-25(12-15)16-4-2-1-3-5-16/h1-9,11-12H,10,13H2,(H,23,26). The van der Waals surface area contributed by atoms with Crippen LogP contribution < -0.4 is 10.1 Å². The number of nitrogens with zero attached hydrogens (tertiary/aromatic N) is 2. The van der Waals surface area contributed by atoms with E-state index in [4.69, 9.17) is 0 Å². The largest absolute Gasteiger partial charge is 0.484 e. The number of hydrogen-bond acceptors (Lipinski definition) is 3. The number of amides is 1. The molecule has 1 aromatic heterocycles. The number of para-hydroxylation sites is 1. The van der Waals surface area contributed by atoms with Crippen LogP contribution in [-0.4, -0.2) is 28.5 Å². The van der Waals surface area contributed by atoms with Crippen LogP contribution in [0.1, 0.15) is 15.9 Å². The Hall–Kier alpha value is -3.29. The van der Waals surface area contributed by atoms with Gasteiger partial charge < -0.3 is 10.1 Å². The van der Waals surface area contributed by atoms with E-state index in [0.29, 0.717) is 5.56 Å². The van der Waals surface area contributed by atoms with Gasteiger partial charge in [0, 0.05) is 12.7 Å². The van der Waals surface area contributed by atoms with E-state index < -0.39 is 12.8 Å². The van der Waals surface area contributed by atoms with Gasteiger partial charge in [-0.2, -0.15) is 18.3 Å². The highest BCUT2D eigenvalue weighted by Crippen LogP contribution is 2.19. The quantitative estimate of drug-likeness (QED) is 0.714. The molecule has 0 spiro atoms. The SMILES string of the molecule is O=C(NCc1ccc(OCC(F)(F)F)cc1)c1cnn(-c2ccccc2)c1. The van der Waals surface area contributed by atoms with Crippen LogP contribution in [0.15, 0.2) is 67.0 Å². The molecule has 140 valence electrons. The normalized spacial score (nSPS) is 11.2. The molecule has 0 radical (unpaired) electrons. The highest BCUT2D eigenvalue weighted by molar-refractivity contribution is 5.93. The van der Waals surface area contributed by atoms with Crippen molar-refractivity contribution in [3.63, 3.8) is 0 Å². The molecule has 5 nitrogen and oxygen atoms in total. The third-order valence-electron chi connectivity index (χ3n) is 3.64. The Labute approximate surface area is 153 Å². The predicted molar refractivity (Wildman–Crippen MR) is 92.7 cm³/mol. The second kappa shape index (κ2) is 7.94. The van der Waals surface area contributed by atoms with Crippen molar-refractivity contribution >= 4 is 5.91 Å². The Balaban J connectivity index is 1.54. The van der Waals surface area contributed by atoms with Crippen LogP contribution in [0, 0.1) is 0 Å². The Morgan fingerprint density at radius 1 is 1.07 bits per heavy atom. The molecule has 1 amide bonds. The van der Waals surface area contributed by atoms with Gasteiger partial charge in [0.2, 0.25) is 0 Å². The van der Waals surface area contributed by atoms with Crippen LogP contribution in [-0.2, 0) is 6.54 Å². The van der Waals surface area contributed by atoms with Gasteiger partial charge in [0.05, 0.1) is 17.4 Å². The van der Waals surface area contributed by atoms with E-state index in [-0.39, 0.29) is 18.2 Å². The minimum atomic E-state index is -4.38. The lowest BCUT2D eigenvalue weighted by atomic mass is 10.2. The maximum atomic E-state index is 12.2. The molecule has 2 aromatic carbocycles. The Morgan fingerprint density at radius 2 is 1.78 bits per heavy atom. The average molecular weight is 375 g/mol. The van der Waals surface area contributed by atoms with Crippen LogP contribution in [0.25, 0.3) is 5.69 Å². The fraction of sp³-hybridized carbons (Fsp3) is 0.158. The molecule has 0 bridgehead atoms. The number of halogens is 3. The van der Waals surface area contributed by atoms with Crippen LogP contribution in [0.2, 0.25) is 0 Å².